The first-order valence-electron chi connectivity index (χ1n) is 7.69. The fraction of sp³-hybridized carbons (Fsp3) is 0.533. The molecule has 1 fully saturated rings. The molecule has 1 saturated heterocycles. The number of anilines is 2. The lowest BCUT2D eigenvalue weighted by molar-refractivity contribution is 0.577. The molecule has 0 atom stereocenters. The number of hydrogen-bond donors (Lipinski definition) is 1. The number of piperidine rings is 1. The number of pyridine rings is 1. The largest absolute Gasteiger partial charge is 0.385 e. The van der Waals surface area contributed by atoms with Crippen LogP contribution in [0.2, 0.25) is 0 Å². The Labute approximate surface area is 115 Å². The fourth-order valence-electron chi connectivity index (χ4n) is 2.87. The molecule has 3 heterocycles. The van der Waals surface area contributed by atoms with Crippen LogP contribution in [0.15, 0.2) is 18.3 Å². The molecule has 4 nitrogen and oxygen atoms in total. The first kappa shape index (κ1) is 11.1. The highest BCUT2D eigenvalue weighted by atomic mass is 15.2. The zero-order valence-corrected chi connectivity index (χ0v) is 11.7. The van der Waals surface area contributed by atoms with Gasteiger partial charge in [0.15, 0.2) is 0 Å². The van der Waals surface area contributed by atoms with Crippen molar-refractivity contribution in [1.29, 1.82) is 0 Å². The van der Waals surface area contributed by atoms with Gasteiger partial charge in [-0.15, -0.1) is 0 Å². The van der Waals surface area contributed by atoms with Gasteiger partial charge in [-0.3, -0.25) is 0 Å². The molecule has 102 valence electrons. The van der Waals surface area contributed by atoms with Crippen LogP contribution in [0.1, 0.15) is 33.3 Å². The lowest BCUT2D eigenvalue weighted by Gasteiger charge is -2.28. The highest BCUT2D eigenvalue weighted by Gasteiger charge is 2.14. The van der Waals surface area contributed by atoms with E-state index in [0.717, 1.165) is 42.1 Å². The summed E-state index contributed by atoms with van der Waals surface area (Å²) in [6, 6.07) is 4.10. The van der Waals surface area contributed by atoms with E-state index in [1.807, 2.05) is 13.1 Å². The third-order valence-corrected chi connectivity index (χ3v) is 3.92. The van der Waals surface area contributed by atoms with Crippen LogP contribution in [-0.4, -0.2) is 29.8 Å². The van der Waals surface area contributed by atoms with Crippen LogP contribution in [0.25, 0.3) is 5.52 Å². The summed E-state index contributed by atoms with van der Waals surface area (Å²) in [5.41, 5.74) is 4.25. The summed E-state index contributed by atoms with van der Waals surface area (Å²) in [6.45, 7) is 4.29. The van der Waals surface area contributed by atoms with Crippen LogP contribution in [0.4, 0.5) is 11.4 Å². The molecule has 1 N–H and O–H groups in total. The van der Waals surface area contributed by atoms with E-state index in [-0.39, 0.29) is 0 Å². The van der Waals surface area contributed by atoms with Crippen LogP contribution < -0.4 is 10.2 Å². The van der Waals surface area contributed by atoms with Crippen molar-refractivity contribution in [3.8, 4) is 0 Å². The van der Waals surface area contributed by atoms with Gasteiger partial charge in [0.05, 0.1) is 18.3 Å². The minimum Gasteiger partial charge on any atom is -0.385 e. The number of aryl methyl sites for hydroxylation is 1. The Morgan fingerprint density at radius 1 is 1.37 bits per heavy atom. The Hall–Kier alpha value is -1.71. The molecule has 0 unspecified atom stereocenters. The third kappa shape index (κ3) is 2.15. The summed E-state index contributed by atoms with van der Waals surface area (Å²) in [7, 11) is 1.92. The molecule has 0 bridgehead atoms. The number of nitrogens with one attached hydrogen (secondary N) is 1. The summed E-state index contributed by atoms with van der Waals surface area (Å²) in [5, 5.41) is 7.78. The summed E-state index contributed by atoms with van der Waals surface area (Å²) < 4.78 is 9.96. The first-order valence-corrected chi connectivity index (χ1v) is 7.19. The van der Waals surface area contributed by atoms with Gasteiger partial charge in [-0.05, 0) is 37.8 Å². The standard InChI is InChI=1S/C15H22N4/c1-3-13-15(16-2)14-11-12(7-10-19(14)17-13)18-8-5-4-6-9-18/h7,10-11,16H,3-6,8-9H2,1-2H3/i10D. The van der Waals surface area contributed by atoms with Crippen LogP contribution in [0, 0.1) is 0 Å². The van der Waals surface area contributed by atoms with E-state index in [9.17, 15) is 0 Å². The summed E-state index contributed by atoms with van der Waals surface area (Å²) in [5.74, 6) is 0. The normalized spacial score (nSPS) is 16.7. The van der Waals surface area contributed by atoms with Crippen LogP contribution >= 0.6 is 0 Å². The highest BCUT2D eigenvalue weighted by Crippen LogP contribution is 2.27. The quantitative estimate of drug-likeness (QED) is 0.920. The van der Waals surface area contributed by atoms with E-state index in [0.29, 0.717) is 6.17 Å². The van der Waals surface area contributed by atoms with Gasteiger partial charge >= 0.3 is 0 Å². The van der Waals surface area contributed by atoms with Gasteiger partial charge in [-0.1, -0.05) is 6.92 Å². The van der Waals surface area contributed by atoms with Crippen molar-refractivity contribution in [1.82, 2.24) is 9.61 Å². The smallest absolute Gasteiger partial charge is 0.0917 e. The highest BCUT2D eigenvalue weighted by molar-refractivity contribution is 5.77. The van der Waals surface area contributed by atoms with E-state index in [4.69, 9.17) is 1.37 Å². The predicted molar refractivity (Wildman–Crippen MR) is 80.2 cm³/mol. The van der Waals surface area contributed by atoms with Gasteiger partial charge < -0.3 is 10.2 Å². The maximum Gasteiger partial charge on any atom is 0.0917 e. The van der Waals surface area contributed by atoms with Crippen molar-refractivity contribution < 1.29 is 1.37 Å². The van der Waals surface area contributed by atoms with Crippen molar-refractivity contribution in [3.63, 3.8) is 0 Å². The molecule has 0 aromatic carbocycles. The van der Waals surface area contributed by atoms with Gasteiger partial charge in [0.25, 0.3) is 0 Å². The number of rotatable bonds is 3. The van der Waals surface area contributed by atoms with Gasteiger partial charge in [0.2, 0.25) is 0 Å². The summed E-state index contributed by atoms with van der Waals surface area (Å²) >= 11 is 0. The first-order chi connectivity index (χ1) is 9.74. The Morgan fingerprint density at radius 2 is 2.16 bits per heavy atom. The number of nitrogens with zero attached hydrogens (tertiary/aromatic N) is 3. The number of aromatic nitrogens is 2. The van der Waals surface area contributed by atoms with Gasteiger partial charge in [0.1, 0.15) is 0 Å². The number of hydrogen-bond acceptors (Lipinski definition) is 3. The van der Waals surface area contributed by atoms with Gasteiger partial charge in [-0.2, -0.15) is 5.10 Å². The molecule has 0 spiro atoms. The second kappa shape index (κ2) is 5.11. The average Bonchev–Trinajstić information content (AvgIpc) is 2.86. The maximum absolute atomic E-state index is 8.23. The monoisotopic (exact) mass is 259 g/mol. The van der Waals surface area contributed by atoms with Gasteiger partial charge in [0, 0.05) is 32.0 Å². The lowest BCUT2D eigenvalue weighted by atomic mass is 10.1. The fourth-order valence-corrected chi connectivity index (χ4v) is 2.87. The van der Waals surface area contributed by atoms with E-state index in [1.165, 1.54) is 19.3 Å². The second-order valence-corrected chi connectivity index (χ2v) is 5.11. The number of fused-ring (bicyclic) bond motifs is 1. The predicted octanol–water partition coefficient (Wildman–Crippen LogP) is 2.93. The topological polar surface area (TPSA) is 32.6 Å². The van der Waals surface area contributed by atoms with Crippen LogP contribution in [0.3, 0.4) is 0 Å². The lowest BCUT2D eigenvalue weighted by Crippen LogP contribution is -2.29. The van der Waals surface area contributed by atoms with Gasteiger partial charge in [-0.25, -0.2) is 4.52 Å². The average molecular weight is 259 g/mol. The van der Waals surface area contributed by atoms with Crippen molar-refractivity contribution in [2.75, 3.05) is 30.4 Å². The maximum atomic E-state index is 8.23. The third-order valence-electron chi connectivity index (χ3n) is 3.92. The van der Waals surface area contributed by atoms with Crippen molar-refractivity contribution in [2.45, 2.75) is 32.6 Å². The minimum absolute atomic E-state index is 0.458. The molecular formula is C15H22N4. The van der Waals surface area contributed by atoms with Crippen LogP contribution in [0.5, 0.6) is 0 Å². The summed E-state index contributed by atoms with van der Waals surface area (Å²) in [4.78, 5) is 2.39. The Balaban J connectivity index is 2.11. The Morgan fingerprint density at radius 3 is 2.84 bits per heavy atom. The molecule has 4 heteroatoms. The summed E-state index contributed by atoms with van der Waals surface area (Å²) in [6.07, 6.45) is 5.14. The van der Waals surface area contributed by atoms with E-state index < -0.39 is 0 Å². The Kier molecular flexibility index (Phi) is 3.00. The van der Waals surface area contributed by atoms with E-state index >= 15 is 0 Å². The van der Waals surface area contributed by atoms with Crippen molar-refractivity contribution in [2.24, 2.45) is 0 Å². The molecule has 19 heavy (non-hydrogen) atoms. The van der Waals surface area contributed by atoms with Crippen LogP contribution in [-0.2, 0) is 6.42 Å². The molecule has 2 aromatic rings. The van der Waals surface area contributed by atoms with Crippen molar-refractivity contribution >= 4 is 16.9 Å². The second-order valence-electron chi connectivity index (χ2n) is 5.11. The molecule has 2 aromatic heterocycles. The van der Waals surface area contributed by atoms with E-state index in [2.05, 4.69) is 28.3 Å². The zero-order chi connectivity index (χ0) is 14.1. The molecule has 0 amide bonds. The van der Waals surface area contributed by atoms with Crippen molar-refractivity contribution in [3.05, 3.63) is 24.0 Å². The molecular weight excluding hydrogens is 236 g/mol. The molecule has 0 radical (unpaired) electrons. The Bertz CT molecular complexity index is 614. The van der Waals surface area contributed by atoms with E-state index in [1.54, 1.807) is 4.52 Å². The molecule has 0 aliphatic carbocycles. The minimum atomic E-state index is 0.458. The molecule has 3 rings (SSSR count). The SMILES string of the molecule is [2H]c1cc(N2CCCCC2)cc2c(NC)c(CC)nn12. The molecule has 1 aliphatic rings. The molecule has 0 saturated carbocycles. The molecule has 1 aliphatic heterocycles. The zero-order valence-electron chi connectivity index (χ0n) is 12.7.